The molecular formula is C38H33N9O4. The SMILES string of the molecule is CC(=O)c1ccc2nc(-c3c(N)c4ccccc4[nH]c3=O)[nH]c2c1.CCN(C)C(=O)c1ccc2nc(-c3c(N)c4ccccc4[nH]c3=O)[nH]c2c1. The van der Waals surface area contributed by atoms with Gasteiger partial charge in [-0.1, -0.05) is 36.4 Å². The van der Waals surface area contributed by atoms with Crippen LogP contribution in [0.5, 0.6) is 0 Å². The first-order valence-electron chi connectivity index (χ1n) is 16.1. The minimum absolute atomic E-state index is 0.0314. The van der Waals surface area contributed by atoms with E-state index in [0.717, 1.165) is 10.8 Å². The number of pyridine rings is 2. The number of hydrogen-bond acceptors (Lipinski definition) is 8. The number of ketones is 1. The molecule has 1 amide bonds. The lowest BCUT2D eigenvalue weighted by atomic mass is 10.1. The number of nitrogen functional groups attached to an aromatic ring is 2. The second-order valence-electron chi connectivity index (χ2n) is 12.1. The molecule has 0 aliphatic heterocycles. The summed E-state index contributed by atoms with van der Waals surface area (Å²) in [7, 11) is 1.75. The van der Waals surface area contributed by atoms with Gasteiger partial charge >= 0.3 is 0 Å². The first kappa shape index (κ1) is 32.5. The fraction of sp³-hybridized carbons (Fsp3) is 0.105. The van der Waals surface area contributed by atoms with E-state index in [2.05, 4.69) is 29.9 Å². The molecule has 0 spiro atoms. The molecule has 13 heteroatoms. The van der Waals surface area contributed by atoms with Crippen LogP contribution in [0.25, 0.3) is 66.6 Å². The topological polar surface area (TPSA) is 212 Å². The number of carbonyl (C=O) groups excluding carboxylic acids is 2. The van der Waals surface area contributed by atoms with Crippen molar-refractivity contribution >= 4 is 66.9 Å². The Morgan fingerprint density at radius 3 is 1.57 bits per heavy atom. The van der Waals surface area contributed by atoms with Gasteiger partial charge in [0.25, 0.3) is 17.0 Å². The number of hydrogen-bond donors (Lipinski definition) is 6. The number of nitrogens with two attached hydrogens (primary N) is 2. The van der Waals surface area contributed by atoms with E-state index in [0.29, 0.717) is 84.9 Å². The quantitative estimate of drug-likeness (QED) is 0.126. The average Bonchev–Trinajstić information content (AvgIpc) is 3.74. The van der Waals surface area contributed by atoms with Gasteiger partial charge < -0.3 is 36.3 Å². The predicted octanol–water partition coefficient (Wildman–Crippen LogP) is 5.60. The van der Waals surface area contributed by atoms with Crippen LogP contribution < -0.4 is 22.6 Å². The van der Waals surface area contributed by atoms with Crippen molar-refractivity contribution in [2.45, 2.75) is 13.8 Å². The smallest absolute Gasteiger partial charge is 0.261 e. The standard InChI is InChI=1S/C20H19N5O2.C18H14N4O2/c1-3-25(2)20(27)11-8-9-14-15(10-11)23-18(22-14)16-17(21)12-6-4-5-7-13(12)24-19(16)26;1-9(23)10-6-7-13-14(8-10)21-17(20-13)15-16(19)11-4-2-3-5-12(11)22-18(15)24/h4-10H,3H2,1-2H3,(H,22,23)(H3,21,24,26);2-8H,1H3,(H,20,21)(H3,19,22,24). The lowest BCUT2D eigenvalue weighted by Crippen LogP contribution is -2.26. The zero-order chi connectivity index (χ0) is 36.0. The Morgan fingerprint density at radius 1 is 0.647 bits per heavy atom. The van der Waals surface area contributed by atoms with E-state index in [4.69, 9.17) is 11.5 Å². The Balaban J connectivity index is 0.000000160. The molecule has 0 fully saturated rings. The number of benzene rings is 4. The maximum Gasteiger partial charge on any atom is 0.261 e. The van der Waals surface area contributed by atoms with Crippen molar-refractivity contribution in [3.63, 3.8) is 0 Å². The highest BCUT2D eigenvalue weighted by Gasteiger charge is 2.18. The highest BCUT2D eigenvalue weighted by Crippen LogP contribution is 2.30. The van der Waals surface area contributed by atoms with Crippen LogP contribution >= 0.6 is 0 Å². The Morgan fingerprint density at radius 2 is 1.10 bits per heavy atom. The van der Waals surface area contributed by atoms with Crippen LogP contribution in [0.15, 0.2) is 94.5 Å². The number of amides is 1. The summed E-state index contributed by atoms with van der Waals surface area (Å²) in [5, 5.41) is 1.52. The number of anilines is 2. The number of nitrogens with zero attached hydrogens (tertiary/aromatic N) is 3. The molecule has 4 aromatic carbocycles. The van der Waals surface area contributed by atoms with Gasteiger partial charge in [0.2, 0.25) is 0 Å². The molecule has 0 saturated carbocycles. The van der Waals surface area contributed by atoms with Crippen LogP contribution in [0.1, 0.15) is 34.6 Å². The number of carbonyl (C=O) groups is 2. The molecule has 0 bridgehead atoms. The Kier molecular flexibility index (Phi) is 8.15. The molecule has 4 heterocycles. The second-order valence-corrected chi connectivity index (χ2v) is 12.1. The number of fused-ring (bicyclic) bond motifs is 4. The van der Waals surface area contributed by atoms with Crippen LogP contribution in [0.3, 0.4) is 0 Å². The van der Waals surface area contributed by atoms with E-state index in [-0.39, 0.29) is 22.8 Å². The van der Waals surface area contributed by atoms with Gasteiger partial charge in [-0.25, -0.2) is 9.97 Å². The maximum atomic E-state index is 12.6. The number of rotatable bonds is 5. The monoisotopic (exact) mass is 679 g/mol. The maximum absolute atomic E-state index is 12.6. The van der Waals surface area contributed by atoms with Crippen LogP contribution in [0, 0.1) is 0 Å². The van der Waals surface area contributed by atoms with E-state index in [9.17, 15) is 19.2 Å². The molecule has 8 N–H and O–H groups in total. The molecule has 51 heavy (non-hydrogen) atoms. The summed E-state index contributed by atoms with van der Waals surface area (Å²) in [6.45, 7) is 4.04. The van der Waals surface area contributed by atoms with E-state index >= 15 is 0 Å². The van der Waals surface area contributed by atoms with Gasteiger partial charge in [-0.3, -0.25) is 19.2 Å². The normalized spacial score (nSPS) is 11.2. The van der Waals surface area contributed by atoms with Crippen molar-refractivity contribution in [2.75, 3.05) is 25.1 Å². The van der Waals surface area contributed by atoms with Crippen molar-refractivity contribution < 1.29 is 9.59 Å². The number of H-pyrrole nitrogens is 4. The number of aromatic amines is 4. The Labute approximate surface area is 289 Å². The summed E-state index contributed by atoms with van der Waals surface area (Å²) in [5.74, 6) is 0.660. The molecule has 4 aromatic heterocycles. The number of Topliss-reactive ketones (excluding diaryl/α,β-unsaturated/α-hetero) is 1. The summed E-state index contributed by atoms with van der Waals surface area (Å²) < 4.78 is 0. The molecule has 13 nitrogen and oxygen atoms in total. The highest BCUT2D eigenvalue weighted by molar-refractivity contribution is 6.01. The van der Waals surface area contributed by atoms with Crippen LogP contribution in [0.4, 0.5) is 11.4 Å². The summed E-state index contributed by atoms with van der Waals surface area (Å²) in [6, 6.07) is 25.1. The number of nitrogens with one attached hydrogen (secondary N) is 4. The average molecular weight is 680 g/mol. The number of imidazole rings is 2. The molecule has 8 aromatic rings. The zero-order valence-corrected chi connectivity index (χ0v) is 27.9. The molecule has 0 atom stereocenters. The number of para-hydroxylation sites is 2. The van der Waals surface area contributed by atoms with Gasteiger partial charge in [-0.15, -0.1) is 0 Å². The number of aromatic nitrogens is 6. The molecule has 8 rings (SSSR count). The highest BCUT2D eigenvalue weighted by atomic mass is 16.2. The summed E-state index contributed by atoms with van der Waals surface area (Å²) in [6.07, 6.45) is 0. The minimum atomic E-state index is -0.313. The third kappa shape index (κ3) is 5.86. The predicted molar refractivity (Wildman–Crippen MR) is 201 cm³/mol. The Hall–Kier alpha value is -7.02. The van der Waals surface area contributed by atoms with Crippen LogP contribution in [-0.2, 0) is 0 Å². The van der Waals surface area contributed by atoms with E-state index in [1.165, 1.54) is 6.92 Å². The fourth-order valence-electron chi connectivity index (χ4n) is 5.98. The summed E-state index contributed by atoms with van der Waals surface area (Å²) in [4.78, 5) is 71.4. The van der Waals surface area contributed by atoms with E-state index < -0.39 is 0 Å². The van der Waals surface area contributed by atoms with Gasteiger partial charge in [0.1, 0.15) is 22.8 Å². The summed E-state index contributed by atoms with van der Waals surface area (Å²) in [5.41, 5.74) is 18.4. The van der Waals surface area contributed by atoms with Gasteiger partial charge in [0.05, 0.1) is 44.5 Å². The third-order valence-corrected chi connectivity index (χ3v) is 8.84. The zero-order valence-electron chi connectivity index (χ0n) is 27.9. The molecule has 254 valence electrons. The fourth-order valence-corrected chi connectivity index (χ4v) is 5.98. The van der Waals surface area contributed by atoms with Gasteiger partial charge in [-0.2, -0.15) is 0 Å². The van der Waals surface area contributed by atoms with Crippen molar-refractivity contribution in [3.8, 4) is 22.8 Å². The van der Waals surface area contributed by atoms with E-state index in [1.54, 1.807) is 60.5 Å². The first-order chi connectivity index (χ1) is 24.5. The molecule has 0 radical (unpaired) electrons. The largest absolute Gasteiger partial charge is 0.397 e. The van der Waals surface area contributed by atoms with Crippen molar-refractivity contribution in [2.24, 2.45) is 0 Å². The third-order valence-electron chi connectivity index (χ3n) is 8.84. The molecule has 0 saturated heterocycles. The molecule has 0 unspecified atom stereocenters. The van der Waals surface area contributed by atoms with Crippen molar-refractivity contribution in [1.82, 2.24) is 34.8 Å². The lowest BCUT2D eigenvalue weighted by molar-refractivity contribution is 0.0802. The molecular weight excluding hydrogens is 646 g/mol. The van der Waals surface area contributed by atoms with Gasteiger partial charge in [0, 0.05) is 35.5 Å². The van der Waals surface area contributed by atoms with Gasteiger partial charge in [0.15, 0.2) is 5.78 Å². The van der Waals surface area contributed by atoms with E-state index in [1.807, 2.05) is 43.3 Å². The minimum Gasteiger partial charge on any atom is -0.397 e. The van der Waals surface area contributed by atoms with Crippen LogP contribution in [-0.4, -0.2) is 60.1 Å². The summed E-state index contributed by atoms with van der Waals surface area (Å²) >= 11 is 0. The molecule has 0 aliphatic rings. The van der Waals surface area contributed by atoms with Crippen molar-refractivity contribution in [3.05, 3.63) is 117 Å². The van der Waals surface area contributed by atoms with Gasteiger partial charge in [-0.05, 0) is 62.4 Å². The van der Waals surface area contributed by atoms with Crippen LogP contribution in [0.2, 0.25) is 0 Å². The Bertz CT molecular complexity index is 2790. The molecule has 0 aliphatic carbocycles. The first-order valence-corrected chi connectivity index (χ1v) is 16.1. The van der Waals surface area contributed by atoms with Crippen molar-refractivity contribution in [1.29, 1.82) is 0 Å². The second kappa shape index (κ2) is 12.8. The lowest BCUT2D eigenvalue weighted by Gasteiger charge is -2.14.